The van der Waals surface area contributed by atoms with Crippen molar-refractivity contribution in [3.8, 4) is 5.75 Å². The van der Waals surface area contributed by atoms with Gasteiger partial charge in [-0.05, 0) is 38.5 Å². The normalized spacial score (nSPS) is 14.1. The molecule has 0 heterocycles. The molecule has 0 fully saturated rings. The first-order chi connectivity index (χ1) is 9.40. The summed E-state index contributed by atoms with van der Waals surface area (Å²) in [7, 11) is 0. The monoisotopic (exact) mass is 281 g/mol. The molecular weight excluding hydrogens is 258 g/mol. The number of carbonyl (C=O) groups is 1. The molecule has 20 heavy (non-hydrogen) atoms. The van der Waals surface area contributed by atoms with Gasteiger partial charge >= 0.3 is 5.97 Å². The van der Waals surface area contributed by atoms with Crippen molar-refractivity contribution in [3.05, 3.63) is 29.8 Å². The number of aliphatic carboxylic acids is 1. The number of rotatable bonds is 8. The smallest absolute Gasteiger partial charge is 0.304 e. The molecule has 0 aliphatic carbocycles. The predicted octanol–water partition coefficient (Wildman–Crippen LogP) is 1.96. The number of ether oxygens (including phenoxy) is 1. The summed E-state index contributed by atoms with van der Waals surface area (Å²) in [5.74, 6) is -0.0863. The van der Waals surface area contributed by atoms with Gasteiger partial charge in [-0.3, -0.25) is 4.79 Å². The average Bonchev–Trinajstić information content (AvgIpc) is 2.37. The molecule has 2 unspecified atom stereocenters. The number of hydrogen-bond donors (Lipinski definition) is 3. The molecule has 0 spiro atoms. The van der Waals surface area contributed by atoms with Crippen LogP contribution in [0.5, 0.6) is 5.75 Å². The molecule has 1 rings (SSSR count). The highest BCUT2D eigenvalue weighted by atomic mass is 16.5. The van der Waals surface area contributed by atoms with E-state index in [0.717, 1.165) is 11.3 Å². The molecule has 3 N–H and O–H groups in total. The number of carboxylic acids is 1. The van der Waals surface area contributed by atoms with Crippen LogP contribution < -0.4 is 10.1 Å². The zero-order chi connectivity index (χ0) is 15.1. The maximum atomic E-state index is 10.4. The highest BCUT2D eigenvalue weighted by Crippen LogP contribution is 2.21. The van der Waals surface area contributed by atoms with Crippen molar-refractivity contribution < 1.29 is 19.7 Å². The molecule has 0 aliphatic rings. The van der Waals surface area contributed by atoms with Crippen LogP contribution in [0.4, 0.5) is 0 Å². The second kappa shape index (κ2) is 7.87. The fourth-order valence-corrected chi connectivity index (χ4v) is 1.82. The van der Waals surface area contributed by atoms with Crippen molar-refractivity contribution in [2.24, 2.45) is 0 Å². The van der Waals surface area contributed by atoms with Gasteiger partial charge in [-0.25, -0.2) is 0 Å². The van der Waals surface area contributed by atoms with Crippen LogP contribution in [-0.4, -0.2) is 34.9 Å². The van der Waals surface area contributed by atoms with E-state index in [1.165, 1.54) is 0 Å². The molecular formula is C15H23NO4. The van der Waals surface area contributed by atoms with Crippen LogP contribution in [0.2, 0.25) is 0 Å². The molecule has 1 aromatic carbocycles. The zero-order valence-electron chi connectivity index (χ0n) is 12.2. The van der Waals surface area contributed by atoms with Gasteiger partial charge in [0.05, 0.1) is 18.6 Å². The SMILES string of the molecule is CC(C)Oc1ccc(C(O)C(C)NCCC(=O)O)cc1. The predicted molar refractivity (Wildman–Crippen MR) is 76.9 cm³/mol. The lowest BCUT2D eigenvalue weighted by Gasteiger charge is -2.20. The van der Waals surface area contributed by atoms with Crippen LogP contribution in [0, 0.1) is 0 Å². The Kier molecular flexibility index (Phi) is 6.48. The number of aliphatic hydroxyl groups excluding tert-OH is 1. The van der Waals surface area contributed by atoms with E-state index in [-0.39, 0.29) is 18.6 Å². The van der Waals surface area contributed by atoms with Crippen LogP contribution in [0.3, 0.4) is 0 Å². The Morgan fingerprint density at radius 1 is 1.25 bits per heavy atom. The minimum absolute atomic E-state index is 0.0399. The van der Waals surface area contributed by atoms with Gasteiger partial charge < -0.3 is 20.3 Å². The van der Waals surface area contributed by atoms with Crippen molar-refractivity contribution in [1.29, 1.82) is 0 Å². The number of carboxylic acid groups (broad SMARTS) is 1. The van der Waals surface area contributed by atoms with Crippen LogP contribution >= 0.6 is 0 Å². The molecule has 1 aromatic rings. The van der Waals surface area contributed by atoms with E-state index in [1.807, 2.05) is 45.0 Å². The minimum atomic E-state index is -0.852. The Balaban J connectivity index is 2.53. The van der Waals surface area contributed by atoms with Crippen LogP contribution in [0.1, 0.15) is 38.9 Å². The summed E-state index contributed by atoms with van der Waals surface area (Å²) in [4.78, 5) is 10.4. The van der Waals surface area contributed by atoms with Gasteiger partial charge in [0.15, 0.2) is 0 Å². The summed E-state index contributed by atoms with van der Waals surface area (Å²) in [5.41, 5.74) is 0.774. The van der Waals surface area contributed by atoms with Gasteiger partial charge in [-0.2, -0.15) is 0 Å². The van der Waals surface area contributed by atoms with Gasteiger partial charge in [0.25, 0.3) is 0 Å². The highest BCUT2D eigenvalue weighted by Gasteiger charge is 2.16. The summed E-state index contributed by atoms with van der Waals surface area (Å²) >= 11 is 0. The Morgan fingerprint density at radius 2 is 1.85 bits per heavy atom. The standard InChI is InChI=1S/C15H23NO4/c1-10(2)20-13-6-4-12(5-7-13)15(19)11(3)16-9-8-14(17)18/h4-7,10-11,15-16,19H,8-9H2,1-3H3,(H,17,18). The molecule has 0 saturated carbocycles. The first kappa shape index (κ1) is 16.5. The van der Waals surface area contributed by atoms with E-state index in [0.29, 0.717) is 6.54 Å². The van der Waals surface area contributed by atoms with Crippen molar-refractivity contribution in [2.45, 2.75) is 45.4 Å². The molecule has 5 heteroatoms. The lowest BCUT2D eigenvalue weighted by molar-refractivity contribution is -0.136. The summed E-state index contributed by atoms with van der Waals surface area (Å²) in [5, 5.41) is 21.7. The molecule has 0 aromatic heterocycles. The Hall–Kier alpha value is -1.59. The van der Waals surface area contributed by atoms with Crippen molar-refractivity contribution in [3.63, 3.8) is 0 Å². The molecule has 2 atom stereocenters. The minimum Gasteiger partial charge on any atom is -0.491 e. The van der Waals surface area contributed by atoms with Gasteiger partial charge in [0.1, 0.15) is 5.75 Å². The van der Waals surface area contributed by atoms with Crippen molar-refractivity contribution in [1.82, 2.24) is 5.32 Å². The number of hydrogen-bond acceptors (Lipinski definition) is 4. The molecule has 112 valence electrons. The van der Waals surface area contributed by atoms with Gasteiger partial charge in [-0.1, -0.05) is 12.1 Å². The molecule has 0 saturated heterocycles. The van der Waals surface area contributed by atoms with E-state index in [9.17, 15) is 9.90 Å². The summed E-state index contributed by atoms with van der Waals surface area (Å²) in [6.45, 7) is 6.07. The summed E-state index contributed by atoms with van der Waals surface area (Å²) in [6.07, 6.45) is -0.530. The maximum absolute atomic E-state index is 10.4. The molecule has 5 nitrogen and oxygen atoms in total. The fraction of sp³-hybridized carbons (Fsp3) is 0.533. The van der Waals surface area contributed by atoms with Crippen LogP contribution in [-0.2, 0) is 4.79 Å². The third kappa shape index (κ3) is 5.59. The molecule has 0 amide bonds. The summed E-state index contributed by atoms with van der Waals surface area (Å²) < 4.78 is 5.54. The first-order valence-electron chi connectivity index (χ1n) is 6.80. The van der Waals surface area contributed by atoms with E-state index in [4.69, 9.17) is 9.84 Å². The van der Waals surface area contributed by atoms with E-state index >= 15 is 0 Å². The van der Waals surface area contributed by atoms with Crippen LogP contribution in [0.15, 0.2) is 24.3 Å². The summed E-state index contributed by atoms with van der Waals surface area (Å²) in [6, 6.07) is 7.06. The van der Waals surface area contributed by atoms with Crippen LogP contribution in [0.25, 0.3) is 0 Å². The molecule has 0 radical (unpaired) electrons. The Labute approximate surface area is 119 Å². The Bertz CT molecular complexity index is 416. The van der Waals surface area contributed by atoms with Gasteiger partial charge in [0, 0.05) is 12.6 Å². The van der Waals surface area contributed by atoms with E-state index in [1.54, 1.807) is 0 Å². The number of benzene rings is 1. The molecule has 0 bridgehead atoms. The lowest BCUT2D eigenvalue weighted by Crippen LogP contribution is -2.33. The fourth-order valence-electron chi connectivity index (χ4n) is 1.82. The second-order valence-corrected chi connectivity index (χ2v) is 5.07. The molecule has 0 aliphatic heterocycles. The average molecular weight is 281 g/mol. The highest BCUT2D eigenvalue weighted by molar-refractivity contribution is 5.66. The lowest BCUT2D eigenvalue weighted by atomic mass is 10.0. The van der Waals surface area contributed by atoms with Crippen molar-refractivity contribution >= 4 is 5.97 Å². The third-order valence-electron chi connectivity index (χ3n) is 2.87. The number of aliphatic hydroxyl groups is 1. The topological polar surface area (TPSA) is 78.8 Å². The second-order valence-electron chi connectivity index (χ2n) is 5.07. The first-order valence-corrected chi connectivity index (χ1v) is 6.80. The third-order valence-corrected chi connectivity index (χ3v) is 2.87. The largest absolute Gasteiger partial charge is 0.491 e. The Morgan fingerprint density at radius 3 is 2.35 bits per heavy atom. The van der Waals surface area contributed by atoms with Gasteiger partial charge in [-0.15, -0.1) is 0 Å². The zero-order valence-corrected chi connectivity index (χ0v) is 12.2. The van der Waals surface area contributed by atoms with E-state index in [2.05, 4.69) is 5.32 Å². The maximum Gasteiger partial charge on any atom is 0.304 e. The quantitative estimate of drug-likeness (QED) is 0.679. The van der Waals surface area contributed by atoms with Gasteiger partial charge in [0.2, 0.25) is 0 Å². The number of nitrogens with one attached hydrogen (secondary N) is 1. The van der Waals surface area contributed by atoms with E-state index < -0.39 is 12.1 Å². The van der Waals surface area contributed by atoms with Crippen molar-refractivity contribution in [2.75, 3.05) is 6.54 Å².